The Balaban J connectivity index is 1.67. The predicted molar refractivity (Wildman–Crippen MR) is 136 cm³/mol. The zero-order valence-electron chi connectivity index (χ0n) is 21.3. The summed E-state index contributed by atoms with van der Waals surface area (Å²) in [5.41, 5.74) is 5.35. The third-order valence-corrected chi connectivity index (χ3v) is 6.70. The van der Waals surface area contributed by atoms with Gasteiger partial charge in [0.25, 0.3) is 5.91 Å². The van der Waals surface area contributed by atoms with E-state index in [-0.39, 0.29) is 18.6 Å². The molecule has 4 rings (SSSR count). The molecule has 0 N–H and O–H groups in total. The Kier molecular flexibility index (Phi) is 7.48. The van der Waals surface area contributed by atoms with Gasteiger partial charge < -0.3 is 23.8 Å². The van der Waals surface area contributed by atoms with Gasteiger partial charge in [-0.1, -0.05) is 6.07 Å². The highest BCUT2D eigenvalue weighted by Gasteiger charge is 2.33. The number of benzene rings is 3. The minimum atomic E-state index is -0.408. The fourth-order valence-corrected chi connectivity index (χ4v) is 4.47. The first-order chi connectivity index (χ1) is 17.4. The molecule has 0 saturated carbocycles. The number of esters is 1. The second-order valence-corrected chi connectivity index (χ2v) is 8.80. The maximum atomic E-state index is 13.7. The summed E-state index contributed by atoms with van der Waals surface area (Å²) < 4.78 is 22.0. The molecule has 1 amide bonds. The monoisotopic (exact) mass is 489 g/mol. The number of hydrogen-bond acceptors (Lipinski definition) is 6. The summed E-state index contributed by atoms with van der Waals surface area (Å²) in [5.74, 6) is 1.39. The Hall–Kier alpha value is -4.00. The number of amides is 1. The largest absolute Gasteiger partial charge is 0.493 e. The molecule has 1 heterocycles. The van der Waals surface area contributed by atoms with Crippen LogP contribution in [0, 0.1) is 13.8 Å². The number of rotatable bonds is 7. The number of hydrogen-bond donors (Lipinski definition) is 0. The van der Waals surface area contributed by atoms with Crippen molar-refractivity contribution in [2.45, 2.75) is 26.3 Å². The third-order valence-electron chi connectivity index (χ3n) is 6.70. The first kappa shape index (κ1) is 25.1. The minimum Gasteiger partial charge on any atom is -0.493 e. The maximum absolute atomic E-state index is 13.7. The smallest absolute Gasteiger partial charge is 0.337 e. The lowest BCUT2D eigenvalue weighted by atomic mass is 9.91. The Morgan fingerprint density at radius 1 is 0.861 bits per heavy atom. The molecule has 7 nitrogen and oxygen atoms in total. The fourth-order valence-electron chi connectivity index (χ4n) is 4.47. The Labute approximate surface area is 211 Å². The van der Waals surface area contributed by atoms with Crippen LogP contribution in [0.15, 0.2) is 54.6 Å². The van der Waals surface area contributed by atoms with Gasteiger partial charge in [-0.15, -0.1) is 0 Å². The molecule has 36 heavy (non-hydrogen) atoms. The standard InChI is InChI=1S/C29H31NO6/c1-18-6-7-22(14-19(18)2)28(31)30-13-12-21-15-26(33-3)27(34-4)16-24(21)25(30)17-36-23-10-8-20(9-11-23)29(32)35-5/h6-11,14-16,25H,12-13,17H2,1-5H3/t25-/m0/s1. The van der Waals surface area contributed by atoms with Gasteiger partial charge in [0.2, 0.25) is 0 Å². The zero-order valence-corrected chi connectivity index (χ0v) is 21.3. The first-order valence-corrected chi connectivity index (χ1v) is 11.8. The summed E-state index contributed by atoms with van der Waals surface area (Å²) in [5, 5.41) is 0. The van der Waals surface area contributed by atoms with Crippen molar-refractivity contribution in [1.29, 1.82) is 0 Å². The predicted octanol–water partition coefficient (Wildman–Crippen LogP) is 4.93. The van der Waals surface area contributed by atoms with Gasteiger partial charge in [-0.05, 0) is 91.1 Å². The van der Waals surface area contributed by atoms with Crippen molar-refractivity contribution in [3.8, 4) is 17.2 Å². The number of fused-ring (bicyclic) bond motifs is 1. The van der Waals surface area contributed by atoms with Gasteiger partial charge in [0.15, 0.2) is 11.5 Å². The van der Waals surface area contributed by atoms with E-state index in [1.807, 2.05) is 49.1 Å². The molecule has 7 heteroatoms. The second kappa shape index (κ2) is 10.7. The van der Waals surface area contributed by atoms with E-state index in [2.05, 4.69) is 0 Å². The number of ether oxygens (including phenoxy) is 4. The van der Waals surface area contributed by atoms with Crippen LogP contribution in [0.5, 0.6) is 17.2 Å². The molecule has 0 spiro atoms. The quantitative estimate of drug-likeness (QED) is 0.439. The van der Waals surface area contributed by atoms with Gasteiger partial charge in [0.1, 0.15) is 12.4 Å². The summed E-state index contributed by atoms with van der Waals surface area (Å²) in [7, 11) is 4.55. The molecule has 1 atom stereocenters. The molecule has 0 aliphatic carbocycles. The van der Waals surface area contributed by atoms with Crippen LogP contribution in [0.3, 0.4) is 0 Å². The van der Waals surface area contributed by atoms with Crippen LogP contribution in [0.4, 0.5) is 0 Å². The van der Waals surface area contributed by atoms with E-state index in [1.165, 1.54) is 7.11 Å². The molecule has 0 radical (unpaired) electrons. The summed E-state index contributed by atoms with van der Waals surface area (Å²) in [6.07, 6.45) is 0.691. The van der Waals surface area contributed by atoms with Gasteiger partial charge in [-0.2, -0.15) is 0 Å². The highest BCUT2D eigenvalue weighted by Crippen LogP contribution is 2.39. The molecule has 3 aromatic rings. The van der Waals surface area contributed by atoms with E-state index in [0.29, 0.717) is 41.3 Å². The lowest BCUT2D eigenvalue weighted by Crippen LogP contribution is -2.42. The SMILES string of the molecule is COC(=O)c1ccc(OC[C@H]2c3cc(OC)c(OC)cc3CCN2C(=O)c2ccc(C)c(C)c2)cc1. The molecule has 3 aromatic carbocycles. The first-order valence-electron chi connectivity index (χ1n) is 11.8. The maximum Gasteiger partial charge on any atom is 0.337 e. The van der Waals surface area contributed by atoms with Crippen LogP contribution in [-0.4, -0.2) is 51.3 Å². The van der Waals surface area contributed by atoms with Crippen molar-refractivity contribution in [3.05, 3.63) is 88.0 Å². The topological polar surface area (TPSA) is 74.3 Å². The molecular weight excluding hydrogens is 458 g/mol. The fraction of sp³-hybridized carbons (Fsp3) is 0.310. The highest BCUT2D eigenvalue weighted by molar-refractivity contribution is 5.95. The number of carbonyl (C=O) groups excluding carboxylic acids is 2. The average molecular weight is 490 g/mol. The van der Waals surface area contributed by atoms with Gasteiger partial charge in [0.05, 0.1) is 32.9 Å². The van der Waals surface area contributed by atoms with Crippen molar-refractivity contribution < 1.29 is 28.5 Å². The second-order valence-electron chi connectivity index (χ2n) is 8.80. The lowest BCUT2D eigenvalue weighted by molar-refractivity contribution is 0.0582. The summed E-state index contributed by atoms with van der Waals surface area (Å²) in [4.78, 5) is 27.3. The van der Waals surface area contributed by atoms with E-state index in [1.54, 1.807) is 38.5 Å². The Morgan fingerprint density at radius 3 is 2.17 bits per heavy atom. The van der Waals surface area contributed by atoms with E-state index in [0.717, 1.165) is 22.3 Å². The van der Waals surface area contributed by atoms with Crippen LogP contribution in [0.25, 0.3) is 0 Å². The van der Waals surface area contributed by atoms with E-state index >= 15 is 0 Å². The number of methoxy groups -OCH3 is 3. The molecule has 0 saturated heterocycles. The zero-order chi connectivity index (χ0) is 25.8. The molecule has 0 fully saturated rings. The van der Waals surface area contributed by atoms with Crippen molar-refractivity contribution in [2.75, 3.05) is 34.5 Å². The normalized spacial score (nSPS) is 14.6. The van der Waals surface area contributed by atoms with Crippen molar-refractivity contribution in [2.24, 2.45) is 0 Å². The number of nitrogens with zero attached hydrogens (tertiary/aromatic N) is 1. The van der Waals surface area contributed by atoms with Crippen molar-refractivity contribution in [1.82, 2.24) is 4.90 Å². The minimum absolute atomic E-state index is 0.0480. The average Bonchev–Trinajstić information content (AvgIpc) is 2.91. The van der Waals surface area contributed by atoms with Gasteiger partial charge in [-0.3, -0.25) is 4.79 Å². The van der Waals surface area contributed by atoms with Crippen molar-refractivity contribution >= 4 is 11.9 Å². The van der Waals surface area contributed by atoms with Gasteiger partial charge in [-0.25, -0.2) is 4.79 Å². The number of aryl methyl sites for hydroxylation is 2. The van der Waals surface area contributed by atoms with E-state index in [4.69, 9.17) is 18.9 Å². The molecule has 0 bridgehead atoms. The summed E-state index contributed by atoms with van der Waals surface area (Å²) in [6.45, 7) is 4.82. The molecular formula is C29H31NO6. The van der Waals surface area contributed by atoms with E-state index in [9.17, 15) is 9.59 Å². The van der Waals surface area contributed by atoms with Gasteiger partial charge >= 0.3 is 5.97 Å². The highest BCUT2D eigenvalue weighted by atomic mass is 16.5. The van der Waals surface area contributed by atoms with Crippen LogP contribution < -0.4 is 14.2 Å². The van der Waals surface area contributed by atoms with Crippen LogP contribution >= 0.6 is 0 Å². The van der Waals surface area contributed by atoms with Crippen LogP contribution in [0.2, 0.25) is 0 Å². The third kappa shape index (κ3) is 5.00. The molecule has 1 aliphatic rings. The van der Waals surface area contributed by atoms with Crippen molar-refractivity contribution in [3.63, 3.8) is 0 Å². The summed E-state index contributed by atoms with van der Waals surface area (Å²) in [6, 6.07) is 16.1. The lowest BCUT2D eigenvalue weighted by Gasteiger charge is -2.37. The molecule has 188 valence electrons. The number of carbonyl (C=O) groups is 2. The van der Waals surface area contributed by atoms with Crippen LogP contribution in [-0.2, 0) is 11.2 Å². The molecule has 0 aromatic heterocycles. The molecule has 1 aliphatic heterocycles. The van der Waals surface area contributed by atoms with Gasteiger partial charge in [0, 0.05) is 12.1 Å². The Bertz CT molecular complexity index is 1270. The van der Waals surface area contributed by atoms with Crippen LogP contribution in [0.1, 0.15) is 49.0 Å². The summed E-state index contributed by atoms with van der Waals surface area (Å²) >= 11 is 0. The molecule has 0 unspecified atom stereocenters. The van der Waals surface area contributed by atoms with E-state index < -0.39 is 5.97 Å². The Morgan fingerprint density at radius 2 is 1.53 bits per heavy atom.